The molecule has 3 heteroatoms. The van der Waals surface area contributed by atoms with Crippen molar-refractivity contribution >= 4 is 22.6 Å². The van der Waals surface area contributed by atoms with Crippen LogP contribution < -0.4 is 4.74 Å². The number of aliphatic hydroxyl groups excluding tert-OH is 1. The van der Waals surface area contributed by atoms with Crippen molar-refractivity contribution in [1.29, 1.82) is 0 Å². The number of ether oxygens (including phenoxy) is 1. The third-order valence-electron chi connectivity index (χ3n) is 2.66. The van der Waals surface area contributed by atoms with E-state index in [1.807, 2.05) is 24.3 Å². The molecule has 0 saturated carbocycles. The van der Waals surface area contributed by atoms with Crippen LogP contribution >= 0.6 is 22.6 Å². The number of benzene rings is 2. The van der Waals surface area contributed by atoms with E-state index in [9.17, 15) is 0 Å². The average Bonchev–Trinajstić information content (AvgIpc) is 2.37. The molecule has 0 atom stereocenters. The minimum atomic E-state index is 0.0637. The molecule has 2 aromatic rings. The maximum absolute atomic E-state index is 9.05. The predicted molar refractivity (Wildman–Crippen MR) is 80.6 cm³/mol. The van der Waals surface area contributed by atoms with Gasteiger partial charge < -0.3 is 9.84 Å². The Morgan fingerprint density at radius 1 is 1.11 bits per heavy atom. The van der Waals surface area contributed by atoms with Gasteiger partial charge in [0.15, 0.2) is 0 Å². The first-order valence-corrected chi connectivity index (χ1v) is 6.84. The van der Waals surface area contributed by atoms with E-state index in [4.69, 9.17) is 9.84 Å². The van der Waals surface area contributed by atoms with Crippen molar-refractivity contribution in [3.05, 3.63) is 62.7 Å². The van der Waals surface area contributed by atoms with Crippen LogP contribution in [0.5, 0.6) is 5.75 Å². The van der Waals surface area contributed by atoms with Gasteiger partial charge in [0.05, 0.1) is 10.2 Å². The lowest BCUT2D eigenvalue weighted by atomic mass is 10.1. The summed E-state index contributed by atoms with van der Waals surface area (Å²) in [5.41, 5.74) is 3.31. The molecule has 2 nitrogen and oxygen atoms in total. The minimum absolute atomic E-state index is 0.0637. The maximum Gasteiger partial charge on any atom is 0.133 e. The first kappa shape index (κ1) is 13.4. The molecule has 1 N–H and O–H groups in total. The highest BCUT2D eigenvalue weighted by molar-refractivity contribution is 14.1. The van der Waals surface area contributed by atoms with Crippen LogP contribution in [0.15, 0.2) is 42.5 Å². The van der Waals surface area contributed by atoms with Crippen molar-refractivity contribution < 1.29 is 9.84 Å². The summed E-state index contributed by atoms with van der Waals surface area (Å²) in [5.74, 6) is 0.856. The van der Waals surface area contributed by atoms with Crippen LogP contribution in [0.3, 0.4) is 0 Å². The third kappa shape index (κ3) is 3.46. The molecule has 0 fully saturated rings. The number of hydrogen-bond acceptors (Lipinski definition) is 2. The fourth-order valence-corrected chi connectivity index (χ4v) is 2.46. The lowest BCUT2D eigenvalue weighted by Gasteiger charge is -2.09. The summed E-state index contributed by atoms with van der Waals surface area (Å²) in [4.78, 5) is 0. The van der Waals surface area contributed by atoms with Crippen molar-refractivity contribution in [1.82, 2.24) is 0 Å². The summed E-state index contributed by atoms with van der Waals surface area (Å²) >= 11 is 2.22. The zero-order valence-electron chi connectivity index (χ0n) is 10.2. The van der Waals surface area contributed by atoms with Gasteiger partial charge in [-0.2, -0.15) is 0 Å². The molecule has 18 heavy (non-hydrogen) atoms. The smallest absolute Gasteiger partial charge is 0.133 e. The Labute approximate surface area is 121 Å². The second-order valence-electron chi connectivity index (χ2n) is 4.20. The van der Waals surface area contributed by atoms with Crippen molar-refractivity contribution in [3.8, 4) is 5.75 Å². The Bertz CT molecular complexity index is 538. The molecule has 0 aliphatic heterocycles. The standard InChI is InChI=1S/C15H15IO2/c1-11-3-2-4-13(7-11)10-18-15-6-5-12(9-17)8-14(15)16/h2-8,17H,9-10H2,1H3. The number of aryl methyl sites for hydroxylation is 1. The lowest BCUT2D eigenvalue weighted by Crippen LogP contribution is -1.98. The molecule has 2 rings (SSSR count). The zero-order valence-corrected chi connectivity index (χ0v) is 12.3. The number of hydrogen-bond donors (Lipinski definition) is 1. The molecule has 0 aliphatic carbocycles. The molecule has 0 spiro atoms. The van der Waals surface area contributed by atoms with Gasteiger partial charge in [0.2, 0.25) is 0 Å². The molecular weight excluding hydrogens is 339 g/mol. The van der Waals surface area contributed by atoms with Gasteiger partial charge in [0.1, 0.15) is 12.4 Å². The fraction of sp³-hybridized carbons (Fsp3) is 0.200. The van der Waals surface area contributed by atoms with E-state index < -0.39 is 0 Å². The molecule has 0 radical (unpaired) electrons. The molecule has 0 amide bonds. The summed E-state index contributed by atoms with van der Waals surface area (Å²) in [7, 11) is 0. The molecule has 0 heterocycles. The van der Waals surface area contributed by atoms with Gasteiger partial charge >= 0.3 is 0 Å². The second kappa shape index (κ2) is 6.20. The van der Waals surface area contributed by atoms with Crippen LogP contribution in [0.25, 0.3) is 0 Å². The second-order valence-corrected chi connectivity index (χ2v) is 5.36. The Balaban J connectivity index is 2.06. The fourth-order valence-electron chi connectivity index (χ4n) is 1.72. The zero-order chi connectivity index (χ0) is 13.0. The summed E-state index contributed by atoms with van der Waals surface area (Å²) in [6.07, 6.45) is 0. The largest absolute Gasteiger partial charge is 0.488 e. The Morgan fingerprint density at radius 3 is 2.61 bits per heavy atom. The van der Waals surface area contributed by atoms with Gasteiger partial charge in [-0.3, -0.25) is 0 Å². The molecule has 2 aromatic carbocycles. The topological polar surface area (TPSA) is 29.5 Å². The van der Waals surface area contributed by atoms with E-state index >= 15 is 0 Å². The van der Waals surface area contributed by atoms with E-state index in [1.165, 1.54) is 5.56 Å². The van der Waals surface area contributed by atoms with Gasteiger partial charge in [-0.25, -0.2) is 0 Å². The molecule has 0 unspecified atom stereocenters. The molecule has 0 saturated heterocycles. The summed E-state index contributed by atoms with van der Waals surface area (Å²) in [5, 5.41) is 9.05. The van der Waals surface area contributed by atoms with Crippen LogP contribution in [0.2, 0.25) is 0 Å². The van der Waals surface area contributed by atoms with Crippen molar-refractivity contribution in [3.63, 3.8) is 0 Å². The predicted octanol–water partition coefficient (Wildman–Crippen LogP) is 3.67. The first-order valence-electron chi connectivity index (χ1n) is 5.76. The van der Waals surface area contributed by atoms with Crippen LogP contribution in [-0.4, -0.2) is 5.11 Å². The van der Waals surface area contributed by atoms with Gasteiger partial charge in [-0.1, -0.05) is 35.9 Å². The SMILES string of the molecule is Cc1cccc(COc2ccc(CO)cc2I)c1. The van der Waals surface area contributed by atoms with E-state index in [0.717, 1.165) is 20.4 Å². The Kier molecular flexibility index (Phi) is 4.60. The van der Waals surface area contributed by atoms with Crippen LogP contribution in [0.4, 0.5) is 0 Å². The number of rotatable bonds is 4. The van der Waals surface area contributed by atoms with Crippen LogP contribution in [-0.2, 0) is 13.2 Å². The Morgan fingerprint density at radius 2 is 1.94 bits per heavy atom. The van der Waals surface area contributed by atoms with Crippen molar-refractivity contribution in [2.75, 3.05) is 0 Å². The molecule has 0 bridgehead atoms. The highest BCUT2D eigenvalue weighted by Gasteiger charge is 2.03. The van der Waals surface area contributed by atoms with E-state index in [2.05, 4.69) is 47.7 Å². The van der Waals surface area contributed by atoms with Gasteiger partial charge in [0.25, 0.3) is 0 Å². The highest BCUT2D eigenvalue weighted by Crippen LogP contribution is 2.23. The summed E-state index contributed by atoms with van der Waals surface area (Å²) in [6.45, 7) is 2.70. The summed E-state index contributed by atoms with van der Waals surface area (Å²) in [6, 6.07) is 14.0. The number of halogens is 1. The summed E-state index contributed by atoms with van der Waals surface area (Å²) < 4.78 is 6.81. The molecule has 0 aromatic heterocycles. The van der Waals surface area contributed by atoms with E-state index in [0.29, 0.717) is 6.61 Å². The minimum Gasteiger partial charge on any atom is -0.488 e. The van der Waals surface area contributed by atoms with Gasteiger partial charge in [-0.05, 0) is 52.8 Å². The molecule has 94 valence electrons. The first-order chi connectivity index (χ1) is 8.69. The van der Waals surface area contributed by atoms with Gasteiger partial charge in [-0.15, -0.1) is 0 Å². The maximum atomic E-state index is 9.05. The molecular formula is C15H15IO2. The van der Waals surface area contributed by atoms with Crippen molar-refractivity contribution in [2.45, 2.75) is 20.1 Å². The van der Waals surface area contributed by atoms with E-state index in [1.54, 1.807) is 0 Å². The van der Waals surface area contributed by atoms with E-state index in [-0.39, 0.29) is 6.61 Å². The normalized spacial score (nSPS) is 10.4. The van der Waals surface area contributed by atoms with Crippen LogP contribution in [0, 0.1) is 10.5 Å². The van der Waals surface area contributed by atoms with Gasteiger partial charge in [0, 0.05) is 0 Å². The Hall–Kier alpha value is -1.07. The lowest BCUT2D eigenvalue weighted by molar-refractivity contribution is 0.280. The quantitative estimate of drug-likeness (QED) is 0.849. The third-order valence-corrected chi connectivity index (χ3v) is 3.50. The van der Waals surface area contributed by atoms with Crippen LogP contribution in [0.1, 0.15) is 16.7 Å². The average molecular weight is 354 g/mol. The van der Waals surface area contributed by atoms with Crippen molar-refractivity contribution in [2.24, 2.45) is 0 Å². The monoisotopic (exact) mass is 354 g/mol. The molecule has 0 aliphatic rings. The highest BCUT2D eigenvalue weighted by atomic mass is 127. The number of aliphatic hydroxyl groups is 1.